The Bertz CT molecular complexity index is 1560. The number of ether oxygens (including phenoxy) is 3. The van der Waals surface area contributed by atoms with Crippen molar-refractivity contribution in [1.29, 1.82) is 0 Å². The average Bonchev–Trinajstić information content (AvgIpc) is 3.34. The fraction of sp³-hybridized carbons (Fsp3) is 0.400. The number of pyridine rings is 1. The van der Waals surface area contributed by atoms with E-state index in [2.05, 4.69) is 4.98 Å². The Labute approximate surface area is 248 Å². The maximum Gasteiger partial charge on any atom is 0.344 e. The van der Waals surface area contributed by atoms with Crippen LogP contribution >= 0.6 is 11.6 Å². The largest absolute Gasteiger partial charge is 0.479 e. The lowest BCUT2D eigenvalue weighted by atomic mass is 10.1. The zero-order valence-corrected chi connectivity index (χ0v) is 24.7. The summed E-state index contributed by atoms with van der Waals surface area (Å²) in [5.41, 5.74) is 8.69. The predicted molar refractivity (Wildman–Crippen MR) is 159 cm³/mol. The number of aromatic nitrogens is 3. The fourth-order valence-corrected chi connectivity index (χ4v) is 4.84. The molecule has 0 radical (unpaired) electrons. The topological polar surface area (TPSA) is 122 Å². The molecule has 0 bridgehead atoms. The molecule has 0 saturated carbocycles. The van der Waals surface area contributed by atoms with Crippen LogP contribution in [0.3, 0.4) is 0 Å². The van der Waals surface area contributed by atoms with Crippen molar-refractivity contribution in [2.75, 3.05) is 31.4 Å². The molecular weight excluding hydrogens is 565 g/mol. The van der Waals surface area contributed by atoms with Crippen molar-refractivity contribution >= 4 is 51.2 Å². The minimum atomic E-state index is -0.656. The van der Waals surface area contributed by atoms with Gasteiger partial charge in [-0.15, -0.1) is 11.6 Å². The van der Waals surface area contributed by atoms with Gasteiger partial charge < -0.3 is 29.4 Å². The van der Waals surface area contributed by atoms with Crippen molar-refractivity contribution in [2.24, 2.45) is 0 Å². The molecule has 12 heteroatoms. The van der Waals surface area contributed by atoms with Gasteiger partial charge in [-0.05, 0) is 39.3 Å². The van der Waals surface area contributed by atoms with Gasteiger partial charge in [-0.2, -0.15) is 0 Å². The number of carbonyl (C=O) groups is 2. The van der Waals surface area contributed by atoms with Crippen LogP contribution in [0.25, 0.3) is 21.9 Å². The Morgan fingerprint density at radius 2 is 1.93 bits per heavy atom. The van der Waals surface area contributed by atoms with Gasteiger partial charge in [0, 0.05) is 37.2 Å². The van der Waals surface area contributed by atoms with Gasteiger partial charge in [0.1, 0.15) is 23.8 Å². The first-order valence-corrected chi connectivity index (χ1v) is 14.3. The summed E-state index contributed by atoms with van der Waals surface area (Å²) < 4.78 is 33.4. The number of imidazole rings is 1. The molecule has 0 unspecified atom stereocenters. The van der Waals surface area contributed by atoms with Crippen LogP contribution in [0.5, 0.6) is 5.75 Å². The number of anilines is 1. The van der Waals surface area contributed by atoms with Crippen LogP contribution in [0.4, 0.5) is 10.2 Å². The van der Waals surface area contributed by atoms with Gasteiger partial charge in [0.15, 0.2) is 24.0 Å². The van der Waals surface area contributed by atoms with E-state index in [1.165, 1.54) is 11.0 Å². The zero-order valence-electron chi connectivity index (χ0n) is 23.9. The summed E-state index contributed by atoms with van der Waals surface area (Å²) in [5, 5.41) is 0.904. The molecule has 0 aliphatic heterocycles. The van der Waals surface area contributed by atoms with E-state index < -0.39 is 18.4 Å². The molecule has 10 nitrogen and oxygen atoms in total. The van der Waals surface area contributed by atoms with Gasteiger partial charge in [0.25, 0.3) is 0 Å². The molecule has 0 spiro atoms. The van der Waals surface area contributed by atoms with Crippen LogP contribution in [0.15, 0.2) is 42.5 Å². The highest BCUT2D eigenvalue weighted by Gasteiger charge is 2.20. The van der Waals surface area contributed by atoms with Crippen molar-refractivity contribution in [2.45, 2.75) is 53.0 Å². The second-order valence-electron chi connectivity index (χ2n) is 9.89. The van der Waals surface area contributed by atoms with E-state index in [0.29, 0.717) is 43.3 Å². The third kappa shape index (κ3) is 7.27. The number of fused-ring (bicyclic) bond motifs is 3. The number of nitrogens with two attached hydrogens (primary N) is 1. The quantitative estimate of drug-likeness (QED) is 0.162. The Morgan fingerprint density at radius 1 is 1.14 bits per heavy atom. The van der Waals surface area contributed by atoms with Crippen LogP contribution in [-0.2, 0) is 38.8 Å². The monoisotopic (exact) mass is 599 g/mol. The number of nitrogen functional groups attached to an aromatic ring is 1. The van der Waals surface area contributed by atoms with Crippen molar-refractivity contribution in [3.63, 3.8) is 0 Å². The highest BCUT2D eigenvalue weighted by Crippen LogP contribution is 2.29. The lowest BCUT2D eigenvalue weighted by Crippen LogP contribution is -2.33. The van der Waals surface area contributed by atoms with Crippen LogP contribution in [0.1, 0.15) is 38.6 Å². The summed E-state index contributed by atoms with van der Waals surface area (Å²) in [6, 6.07) is 12.3. The highest BCUT2D eigenvalue weighted by atomic mass is 35.5. The van der Waals surface area contributed by atoms with Crippen LogP contribution < -0.4 is 10.5 Å². The van der Waals surface area contributed by atoms with E-state index in [1.54, 1.807) is 26.0 Å². The molecule has 2 aromatic heterocycles. The van der Waals surface area contributed by atoms with E-state index in [9.17, 15) is 9.59 Å². The highest BCUT2D eigenvalue weighted by molar-refractivity contribution is 6.27. The van der Waals surface area contributed by atoms with E-state index in [4.69, 9.17) is 36.5 Å². The second-order valence-corrected chi connectivity index (χ2v) is 10.2. The molecule has 0 aliphatic rings. The molecule has 2 aromatic carbocycles. The molecule has 224 valence electrons. The molecular formula is C30H35ClFN5O5. The van der Waals surface area contributed by atoms with Crippen molar-refractivity contribution in [3.05, 3.63) is 59.7 Å². The molecule has 2 heterocycles. The normalized spacial score (nSPS) is 11.4. The number of aryl methyl sites for hydroxylation is 1. The van der Waals surface area contributed by atoms with Crippen molar-refractivity contribution < 1.29 is 28.2 Å². The van der Waals surface area contributed by atoms with Gasteiger partial charge >= 0.3 is 5.97 Å². The van der Waals surface area contributed by atoms with Gasteiger partial charge in [0.05, 0.1) is 17.1 Å². The standard InChI is InChI=1S/C30H35ClFN5O5/c1-4-40-17-24-35-28-29(21-10-5-6-11-22(21)34-30(28)33)37(24)14-8-13-36(25(38)15-31)16-20-9-7-12-23(27(20)32)41-18-26(39)42-19(2)3/h5-7,9-12,19H,4,8,13-18H2,1-3H3,(H2,33,34). The number of benzene rings is 2. The lowest BCUT2D eigenvalue weighted by Gasteiger charge is -2.23. The maximum atomic E-state index is 15.3. The first-order valence-electron chi connectivity index (χ1n) is 13.8. The lowest BCUT2D eigenvalue weighted by molar-refractivity contribution is -0.149. The molecule has 0 atom stereocenters. The molecule has 0 aliphatic carbocycles. The number of amides is 1. The number of nitrogens with zero attached hydrogens (tertiary/aromatic N) is 4. The number of esters is 1. The van der Waals surface area contributed by atoms with Crippen LogP contribution in [0.2, 0.25) is 0 Å². The smallest absolute Gasteiger partial charge is 0.344 e. The van der Waals surface area contributed by atoms with E-state index in [0.717, 1.165) is 16.4 Å². The fourth-order valence-electron chi connectivity index (χ4n) is 4.67. The minimum Gasteiger partial charge on any atom is -0.479 e. The van der Waals surface area contributed by atoms with Crippen LogP contribution in [-0.4, -0.2) is 63.1 Å². The first kappa shape index (κ1) is 31.0. The molecule has 2 N–H and O–H groups in total. The van der Waals surface area contributed by atoms with Gasteiger partial charge in [-0.25, -0.2) is 19.2 Å². The number of hydrogen-bond donors (Lipinski definition) is 1. The van der Waals surface area contributed by atoms with E-state index in [-0.39, 0.29) is 42.4 Å². The van der Waals surface area contributed by atoms with Gasteiger partial charge in [-0.1, -0.05) is 30.3 Å². The third-order valence-electron chi connectivity index (χ3n) is 6.52. The third-order valence-corrected chi connectivity index (χ3v) is 6.75. The predicted octanol–water partition coefficient (Wildman–Crippen LogP) is 4.83. The van der Waals surface area contributed by atoms with Crippen LogP contribution in [0, 0.1) is 5.82 Å². The number of halogens is 2. The number of hydrogen-bond acceptors (Lipinski definition) is 8. The Morgan fingerprint density at radius 3 is 2.67 bits per heavy atom. The van der Waals surface area contributed by atoms with E-state index in [1.807, 2.05) is 35.8 Å². The molecule has 1 amide bonds. The summed E-state index contributed by atoms with van der Waals surface area (Å²) in [7, 11) is 0. The summed E-state index contributed by atoms with van der Waals surface area (Å²) >= 11 is 5.92. The molecule has 4 aromatic rings. The molecule has 42 heavy (non-hydrogen) atoms. The number of carbonyl (C=O) groups excluding carboxylic acids is 2. The summed E-state index contributed by atoms with van der Waals surface area (Å²) in [4.78, 5) is 35.3. The molecule has 0 fully saturated rings. The van der Waals surface area contributed by atoms with Crippen molar-refractivity contribution in [3.8, 4) is 5.75 Å². The Kier molecular flexibility index (Phi) is 10.5. The zero-order chi connectivity index (χ0) is 30.2. The minimum absolute atomic E-state index is 0.0265. The number of rotatable bonds is 14. The van der Waals surface area contributed by atoms with Gasteiger partial charge in [-0.3, -0.25) is 4.79 Å². The Balaban J connectivity index is 1.54. The summed E-state index contributed by atoms with van der Waals surface area (Å²) in [6.07, 6.45) is 0.207. The van der Waals surface area contributed by atoms with E-state index >= 15 is 4.39 Å². The average molecular weight is 600 g/mol. The molecule has 0 saturated heterocycles. The van der Waals surface area contributed by atoms with Crippen molar-refractivity contribution in [1.82, 2.24) is 19.4 Å². The Hall–Kier alpha value is -3.96. The second kappa shape index (κ2) is 14.3. The summed E-state index contributed by atoms with van der Waals surface area (Å²) in [5.74, 6) is -0.934. The number of alkyl halides is 1. The summed E-state index contributed by atoms with van der Waals surface area (Å²) in [6.45, 7) is 6.46. The van der Waals surface area contributed by atoms with Gasteiger partial charge in [0.2, 0.25) is 5.91 Å². The maximum absolute atomic E-state index is 15.3. The first-order chi connectivity index (χ1) is 20.2. The SMILES string of the molecule is CCOCc1nc2c(N)nc3ccccc3c2n1CCCN(Cc1cccc(OCC(=O)OC(C)C)c1F)C(=O)CCl. The molecule has 4 rings (SSSR count). The number of para-hydroxylation sites is 1.